The second kappa shape index (κ2) is 6.91. The minimum Gasteiger partial charge on any atom is -0.376 e. The van der Waals surface area contributed by atoms with E-state index in [1.165, 1.54) is 0 Å². The van der Waals surface area contributed by atoms with Gasteiger partial charge in [0.15, 0.2) is 5.69 Å². The number of H-pyrrole nitrogens is 1. The van der Waals surface area contributed by atoms with Crippen molar-refractivity contribution in [1.82, 2.24) is 10.2 Å². The summed E-state index contributed by atoms with van der Waals surface area (Å²) < 4.78 is 5.52. The molecule has 0 atom stereocenters. The Bertz CT molecular complexity index is 859. The van der Waals surface area contributed by atoms with E-state index in [9.17, 15) is 4.79 Å². The molecule has 1 aliphatic heterocycles. The van der Waals surface area contributed by atoms with Crippen LogP contribution in [0.15, 0.2) is 60.7 Å². The van der Waals surface area contributed by atoms with Gasteiger partial charge >= 0.3 is 0 Å². The highest BCUT2D eigenvalue weighted by molar-refractivity contribution is 6.05. The fraction of sp³-hybridized carbons (Fsp3) is 0.200. The Morgan fingerprint density at radius 2 is 1.80 bits per heavy atom. The molecule has 3 aromatic rings. The van der Waals surface area contributed by atoms with Crippen LogP contribution in [0.5, 0.6) is 0 Å². The predicted octanol–water partition coefficient (Wildman–Crippen LogP) is 3.33. The fourth-order valence-electron chi connectivity index (χ4n) is 3.07. The van der Waals surface area contributed by atoms with Gasteiger partial charge in [0.05, 0.1) is 19.8 Å². The van der Waals surface area contributed by atoms with Crippen LogP contribution in [-0.4, -0.2) is 22.7 Å². The number of aromatic amines is 1. The minimum atomic E-state index is -0.113. The van der Waals surface area contributed by atoms with E-state index in [1.807, 2.05) is 60.7 Å². The summed E-state index contributed by atoms with van der Waals surface area (Å²) in [6, 6.07) is 19.7. The number of anilines is 1. The SMILES string of the molecule is O=C(c1n[nH]c2c1COCC2)N(Cc1ccccc1)c1ccccc1. The number of benzene rings is 2. The predicted molar refractivity (Wildman–Crippen MR) is 95.3 cm³/mol. The van der Waals surface area contributed by atoms with Gasteiger partial charge < -0.3 is 9.64 Å². The molecule has 1 aromatic heterocycles. The highest BCUT2D eigenvalue weighted by Gasteiger charge is 2.27. The third-order valence-corrected chi connectivity index (χ3v) is 4.39. The smallest absolute Gasteiger partial charge is 0.279 e. The van der Waals surface area contributed by atoms with Gasteiger partial charge in [-0.15, -0.1) is 0 Å². The first-order valence-electron chi connectivity index (χ1n) is 8.37. The summed E-state index contributed by atoms with van der Waals surface area (Å²) in [7, 11) is 0. The van der Waals surface area contributed by atoms with Crippen molar-refractivity contribution in [2.75, 3.05) is 11.5 Å². The zero-order valence-electron chi connectivity index (χ0n) is 13.8. The van der Waals surface area contributed by atoms with Crippen molar-refractivity contribution in [3.05, 3.63) is 83.2 Å². The number of fused-ring (bicyclic) bond motifs is 1. The Morgan fingerprint density at radius 3 is 2.56 bits per heavy atom. The highest BCUT2D eigenvalue weighted by atomic mass is 16.5. The number of ether oxygens (including phenoxy) is 1. The van der Waals surface area contributed by atoms with Gasteiger partial charge in [-0.05, 0) is 17.7 Å². The molecular formula is C20H19N3O2. The van der Waals surface area contributed by atoms with Gasteiger partial charge in [0.2, 0.25) is 0 Å². The first kappa shape index (κ1) is 15.6. The molecule has 25 heavy (non-hydrogen) atoms. The lowest BCUT2D eigenvalue weighted by atomic mass is 10.1. The monoisotopic (exact) mass is 333 g/mol. The number of carbonyl (C=O) groups is 1. The molecule has 2 aromatic carbocycles. The van der Waals surface area contributed by atoms with Crippen molar-refractivity contribution in [2.45, 2.75) is 19.6 Å². The Balaban J connectivity index is 1.70. The number of amides is 1. The first-order chi connectivity index (χ1) is 12.3. The second-order valence-corrected chi connectivity index (χ2v) is 6.04. The Kier molecular flexibility index (Phi) is 4.31. The average molecular weight is 333 g/mol. The molecule has 4 rings (SSSR count). The fourth-order valence-corrected chi connectivity index (χ4v) is 3.07. The van der Waals surface area contributed by atoms with E-state index in [-0.39, 0.29) is 5.91 Å². The molecule has 0 spiro atoms. The molecule has 0 aliphatic carbocycles. The number of nitrogens with zero attached hydrogens (tertiary/aromatic N) is 2. The van der Waals surface area contributed by atoms with E-state index in [0.717, 1.165) is 28.9 Å². The molecule has 2 heterocycles. The van der Waals surface area contributed by atoms with E-state index in [4.69, 9.17) is 4.74 Å². The minimum absolute atomic E-state index is 0.113. The summed E-state index contributed by atoms with van der Waals surface area (Å²) in [6.07, 6.45) is 0.764. The molecule has 0 saturated carbocycles. The molecule has 5 heteroatoms. The molecule has 0 fully saturated rings. The van der Waals surface area contributed by atoms with E-state index in [2.05, 4.69) is 10.2 Å². The zero-order chi connectivity index (χ0) is 17.1. The standard InChI is InChI=1S/C20H19N3O2/c24-20(19-17-14-25-12-11-18(17)21-22-19)23(16-9-5-2-6-10-16)13-15-7-3-1-4-8-15/h1-10H,11-14H2,(H,21,22). The van der Waals surface area contributed by atoms with Crippen LogP contribution in [-0.2, 0) is 24.3 Å². The number of nitrogens with one attached hydrogen (secondary N) is 1. The van der Waals surface area contributed by atoms with Crippen LogP contribution in [0.1, 0.15) is 27.3 Å². The van der Waals surface area contributed by atoms with Crippen LogP contribution >= 0.6 is 0 Å². The Labute approximate surface area is 146 Å². The highest BCUT2D eigenvalue weighted by Crippen LogP contribution is 2.24. The number of hydrogen-bond donors (Lipinski definition) is 1. The van der Waals surface area contributed by atoms with Crippen molar-refractivity contribution in [1.29, 1.82) is 0 Å². The van der Waals surface area contributed by atoms with E-state index >= 15 is 0 Å². The number of rotatable bonds is 4. The van der Waals surface area contributed by atoms with E-state index in [1.54, 1.807) is 4.90 Å². The lowest BCUT2D eigenvalue weighted by molar-refractivity contribution is 0.0953. The average Bonchev–Trinajstić information content (AvgIpc) is 3.11. The Morgan fingerprint density at radius 1 is 1.08 bits per heavy atom. The van der Waals surface area contributed by atoms with Crippen LogP contribution in [0.3, 0.4) is 0 Å². The number of para-hydroxylation sites is 1. The third kappa shape index (κ3) is 3.19. The summed E-state index contributed by atoms with van der Waals surface area (Å²) >= 11 is 0. The largest absolute Gasteiger partial charge is 0.376 e. The summed E-state index contributed by atoms with van der Waals surface area (Å²) in [5, 5.41) is 7.29. The van der Waals surface area contributed by atoms with Crippen LogP contribution in [0.2, 0.25) is 0 Å². The molecule has 0 saturated heterocycles. The van der Waals surface area contributed by atoms with Crippen LogP contribution in [0, 0.1) is 0 Å². The van der Waals surface area contributed by atoms with Gasteiger partial charge in [-0.1, -0.05) is 48.5 Å². The van der Waals surface area contributed by atoms with Crippen molar-refractivity contribution < 1.29 is 9.53 Å². The number of hydrogen-bond acceptors (Lipinski definition) is 3. The molecule has 0 radical (unpaired) electrons. The van der Waals surface area contributed by atoms with Crippen LogP contribution < -0.4 is 4.90 Å². The molecule has 0 bridgehead atoms. The van der Waals surface area contributed by atoms with Gasteiger partial charge in [-0.25, -0.2) is 0 Å². The number of carbonyl (C=O) groups excluding carboxylic acids is 1. The molecule has 1 amide bonds. The summed E-state index contributed by atoms with van der Waals surface area (Å²) in [4.78, 5) is 15.0. The van der Waals surface area contributed by atoms with Gasteiger partial charge in [-0.2, -0.15) is 5.10 Å². The van der Waals surface area contributed by atoms with E-state index in [0.29, 0.717) is 25.5 Å². The van der Waals surface area contributed by atoms with Gasteiger partial charge in [-0.3, -0.25) is 9.89 Å². The quantitative estimate of drug-likeness (QED) is 0.797. The molecule has 0 unspecified atom stereocenters. The Hall–Kier alpha value is -2.92. The maximum absolute atomic E-state index is 13.3. The van der Waals surface area contributed by atoms with Crippen molar-refractivity contribution in [2.24, 2.45) is 0 Å². The van der Waals surface area contributed by atoms with Gasteiger partial charge in [0.1, 0.15) is 0 Å². The maximum atomic E-state index is 13.3. The topological polar surface area (TPSA) is 58.2 Å². The van der Waals surface area contributed by atoms with E-state index < -0.39 is 0 Å². The van der Waals surface area contributed by atoms with Crippen molar-refractivity contribution in [3.63, 3.8) is 0 Å². The van der Waals surface area contributed by atoms with Crippen LogP contribution in [0.4, 0.5) is 5.69 Å². The summed E-state index contributed by atoms with van der Waals surface area (Å²) in [5.74, 6) is -0.113. The number of aromatic nitrogens is 2. The molecule has 5 nitrogen and oxygen atoms in total. The third-order valence-electron chi connectivity index (χ3n) is 4.39. The lowest BCUT2D eigenvalue weighted by Crippen LogP contribution is -2.31. The van der Waals surface area contributed by atoms with Crippen molar-refractivity contribution >= 4 is 11.6 Å². The second-order valence-electron chi connectivity index (χ2n) is 6.04. The zero-order valence-corrected chi connectivity index (χ0v) is 13.8. The molecule has 126 valence electrons. The van der Waals surface area contributed by atoms with Crippen molar-refractivity contribution in [3.8, 4) is 0 Å². The maximum Gasteiger partial charge on any atom is 0.279 e. The lowest BCUT2D eigenvalue weighted by Gasteiger charge is -2.23. The summed E-state index contributed by atoms with van der Waals surface area (Å²) in [6.45, 7) is 1.59. The molecule has 1 aliphatic rings. The first-order valence-corrected chi connectivity index (χ1v) is 8.37. The molecular weight excluding hydrogens is 314 g/mol. The van der Waals surface area contributed by atoms with Gasteiger partial charge in [0.25, 0.3) is 5.91 Å². The van der Waals surface area contributed by atoms with Crippen LogP contribution in [0.25, 0.3) is 0 Å². The van der Waals surface area contributed by atoms with Gasteiger partial charge in [0, 0.05) is 23.4 Å². The normalized spacial score (nSPS) is 13.3. The molecule has 1 N–H and O–H groups in total. The summed E-state index contributed by atoms with van der Waals surface area (Å²) in [5.41, 5.74) is 4.26.